The molecule has 1 saturated heterocycles. The van der Waals surface area contributed by atoms with Crippen molar-refractivity contribution in [2.24, 2.45) is 0 Å². The van der Waals surface area contributed by atoms with Gasteiger partial charge in [0.25, 0.3) is 5.91 Å². The number of piperazine rings is 1. The van der Waals surface area contributed by atoms with Crippen LogP contribution in [0.2, 0.25) is 0 Å². The summed E-state index contributed by atoms with van der Waals surface area (Å²) < 4.78 is 10.5. The monoisotopic (exact) mass is 463 g/mol. The molecular weight excluding hydrogens is 438 g/mol. The van der Waals surface area contributed by atoms with Crippen molar-refractivity contribution in [3.63, 3.8) is 0 Å². The number of methoxy groups -OCH3 is 2. The van der Waals surface area contributed by atoms with Crippen LogP contribution in [0.1, 0.15) is 20.7 Å². The second kappa shape index (κ2) is 11.4. The van der Waals surface area contributed by atoms with Gasteiger partial charge in [-0.15, -0.1) is 12.4 Å². The van der Waals surface area contributed by atoms with Crippen molar-refractivity contribution in [2.45, 2.75) is 0 Å². The standard InChI is InChI=1S/C22H25N3O6.ClH/c1-30-18-8-5-16(13-19(18)31-2)21(27)25-11-9-24(10-12-25)14-20(26)23-17-6-3-15(4-7-17)22(28)29;/h3-8,13H,9-12,14H2,1-2H3,(H,23,26)(H,28,29);1H. The summed E-state index contributed by atoms with van der Waals surface area (Å²) in [6, 6.07) is 11.1. The molecule has 32 heavy (non-hydrogen) atoms. The van der Waals surface area contributed by atoms with Gasteiger partial charge in [-0.1, -0.05) is 0 Å². The van der Waals surface area contributed by atoms with Crippen molar-refractivity contribution < 1.29 is 29.0 Å². The van der Waals surface area contributed by atoms with Gasteiger partial charge in [0.05, 0.1) is 26.3 Å². The van der Waals surface area contributed by atoms with E-state index < -0.39 is 5.97 Å². The van der Waals surface area contributed by atoms with Gasteiger partial charge >= 0.3 is 5.97 Å². The highest BCUT2D eigenvalue weighted by molar-refractivity contribution is 5.95. The SMILES string of the molecule is COc1ccc(C(=O)N2CCN(CC(=O)Nc3ccc(C(=O)O)cc3)CC2)cc1OC.Cl. The molecule has 1 aliphatic heterocycles. The molecule has 0 saturated carbocycles. The predicted octanol–water partition coefficient (Wildman–Crippen LogP) is 2.22. The van der Waals surface area contributed by atoms with Gasteiger partial charge in [-0.3, -0.25) is 14.5 Å². The first-order valence-electron chi connectivity index (χ1n) is 9.78. The number of ether oxygens (including phenoxy) is 2. The first kappa shape index (κ1) is 25.0. The zero-order valence-electron chi connectivity index (χ0n) is 17.9. The number of aromatic carboxylic acids is 1. The van der Waals surface area contributed by atoms with E-state index in [2.05, 4.69) is 5.32 Å². The molecule has 0 spiro atoms. The van der Waals surface area contributed by atoms with Gasteiger partial charge in [-0.2, -0.15) is 0 Å². The van der Waals surface area contributed by atoms with Crippen LogP contribution in [0.4, 0.5) is 5.69 Å². The highest BCUT2D eigenvalue weighted by Gasteiger charge is 2.24. The number of anilines is 1. The van der Waals surface area contributed by atoms with Gasteiger partial charge in [0.2, 0.25) is 5.91 Å². The van der Waals surface area contributed by atoms with Crippen molar-refractivity contribution in [1.82, 2.24) is 9.80 Å². The lowest BCUT2D eigenvalue weighted by Crippen LogP contribution is -2.50. The molecule has 2 aromatic rings. The van der Waals surface area contributed by atoms with Gasteiger partial charge in [-0.05, 0) is 42.5 Å². The zero-order chi connectivity index (χ0) is 22.4. The normalized spacial score (nSPS) is 13.6. The minimum Gasteiger partial charge on any atom is -0.493 e. The molecular formula is C22H26ClN3O6. The number of amides is 2. The minimum absolute atomic E-state index is 0. The van der Waals surface area contributed by atoms with E-state index in [4.69, 9.17) is 14.6 Å². The second-order valence-corrected chi connectivity index (χ2v) is 7.07. The Morgan fingerprint density at radius 1 is 0.906 bits per heavy atom. The number of benzene rings is 2. The third-order valence-corrected chi connectivity index (χ3v) is 5.07. The maximum atomic E-state index is 12.8. The third-order valence-electron chi connectivity index (χ3n) is 5.07. The molecule has 0 radical (unpaired) electrons. The smallest absolute Gasteiger partial charge is 0.335 e. The van der Waals surface area contributed by atoms with Crippen molar-refractivity contribution in [2.75, 3.05) is 52.3 Å². The van der Waals surface area contributed by atoms with Crippen LogP contribution in [0.15, 0.2) is 42.5 Å². The van der Waals surface area contributed by atoms with E-state index in [1.807, 2.05) is 4.90 Å². The summed E-state index contributed by atoms with van der Waals surface area (Å²) in [6.07, 6.45) is 0. The maximum absolute atomic E-state index is 12.8. The van der Waals surface area contributed by atoms with Crippen LogP contribution in [0.5, 0.6) is 11.5 Å². The van der Waals surface area contributed by atoms with Crippen LogP contribution in [0.3, 0.4) is 0 Å². The van der Waals surface area contributed by atoms with Crippen molar-refractivity contribution in [3.8, 4) is 11.5 Å². The summed E-state index contributed by atoms with van der Waals surface area (Å²) in [5, 5.41) is 11.7. The molecule has 0 bridgehead atoms. The summed E-state index contributed by atoms with van der Waals surface area (Å²) in [6.45, 7) is 2.36. The Balaban J connectivity index is 0.00000363. The summed E-state index contributed by atoms with van der Waals surface area (Å²) in [5.41, 5.74) is 1.22. The molecule has 2 N–H and O–H groups in total. The largest absolute Gasteiger partial charge is 0.493 e. The Kier molecular flexibility index (Phi) is 8.86. The van der Waals surface area contributed by atoms with E-state index in [0.717, 1.165) is 0 Å². The number of carboxylic acids is 1. The summed E-state index contributed by atoms with van der Waals surface area (Å²) >= 11 is 0. The number of halogens is 1. The molecule has 2 amide bonds. The topological polar surface area (TPSA) is 108 Å². The third kappa shape index (κ3) is 6.12. The molecule has 1 fully saturated rings. The Hall–Kier alpha value is -3.30. The Labute approximate surface area is 192 Å². The van der Waals surface area contributed by atoms with Gasteiger partial charge in [0.1, 0.15) is 0 Å². The number of hydrogen-bond acceptors (Lipinski definition) is 6. The van der Waals surface area contributed by atoms with Gasteiger partial charge in [-0.25, -0.2) is 4.79 Å². The fourth-order valence-corrected chi connectivity index (χ4v) is 3.36. The highest BCUT2D eigenvalue weighted by Crippen LogP contribution is 2.28. The number of nitrogens with one attached hydrogen (secondary N) is 1. The van der Waals surface area contributed by atoms with Crippen LogP contribution in [0, 0.1) is 0 Å². The number of carbonyl (C=O) groups excluding carboxylic acids is 2. The molecule has 172 valence electrons. The van der Waals surface area contributed by atoms with Gasteiger partial charge < -0.3 is 24.8 Å². The summed E-state index contributed by atoms with van der Waals surface area (Å²) in [5.74, 6) is -0.239. The number of hydrogen-bond donors (Lipinski definition) is 2. The molecule has 1 heterocycles. The van der Waals surface area contributed by atoms with E-state index in [1.165, 1.54) is 19.2 Å². The first-order valence-corrected chi connectivity index (χ1v) is 9.78. The fourth-order valence-electron chi connectivity index (χ4n) is 3.36. The van der Waals surface area contributed by atoms with Crippen LogP contribution in [0.25, 0.3) is 0 Å². The molecule has 0 unspecified atom stereocenters. The van der Waals surface area contributed by atoms with Crippen molar-refractivity contribution in [1.29, 1.82) is 0 Å². The lowest BCUT2D eigenvalue weighted by molar-refractivity contribution is -0.117. The van der Waals surface area contributed by atoms with Crippen LogP contribution in [-0.2, 0) is 4.79 Å². The average Bonchev–Trinajstić information content (AvgIpc) is 2.79. The molecule has 3 rings (SSSR count). The van der Waals surface area contributed by atoms with Crippen LogP contribution >= 0.6 is 12.4 Å². The summed E-state index contributed by atoms with van der Waals surface area (Å²) in [7, 11) is 3.07. The number of carboxylic acid groups (broad SMARTS) is 1. The molecule has 0 aromatic heterocycles. The molecule has 2 aromatic carbocycles. The van der Waals surface area contributed by atoms with Crippen LogP contribution < -0.4 is 14.8 Å². The van der Waals surface area contributed by atoms with Crippen molar-refractivity contribution >= 4 is 35.9 Å². The molecule has 0 atom stereocenters. The molecule has 10 heteroatoms. The minimum atomic E-state index is -1.02. The van der Waals surface area contributed by atoms with Crippen molar-refractivity contribution in [3.05, 3.63) is 53.6 Å². The first-order chi connectivity index (χ1) is 14.9. The maximum Gasteiger partial charge on any atom is 0.335 e. The Bertz CT molecular complexity index is 959. The zero-order valence-corrected chi connectivity index (χ0v) is 18.7. The van der Waals surface area contributed by atoms with E-state index in [-0.39, 0.29) is 36.3 Å². The van der Waals surface area contributed by atoms with E-state index in [9.17, 15) is 14.4 Å². The van der Waals surface area contributed by atoms with E-state index in [1.54, 1.807) is 42.3 Å². The lowest BCUT2D eigenvalue weighted by Gasteiger charge is -2.34. The van der Waals surface area contributed by atoms with Gasteiger partial charge in [0, 0.05) is 37.4 Å². The Morgan fingerprint density at radius 3 is 2.06 bits per heavy atom. The van der Waals surface area contributed by atoms with E-state index >= 15 is 0 Å². The Morgan fingerprint density at radius 2 is 1.50 bits per heavy atom. The number of nitrogens with zero attached hydrogens (tertiary/aromatic N) is 2. The second-order valence-electron chi connectivity index (χ2n) is 7.07. The van der Waals surface area contributed by atoms with E-state index in [0.29, 0.717) is 48.9 Å². The molecule has 0 aliphatic carbocycles. The molecule has 9 nitrogen and oxygen atoms in total. The summed E-state index contributed by atoms with van der Waals surface area (Å²) in [4.78, 5) is 39.7. The van der Waals surface area contributed by atoms with Crippen LogP contribution in [-0.4, -0.2) is 79.6 Å². The van der Waals surface area contributed by atoms with Gasteiger partial charge in [0.15, 0.2) is 11.5 Å². The highest BCUT2D eigenvalue weighted by atomic mass is 35.5. The molecule has 1 aliphatic rings. The quantitative estimate of drug-likeness (QED) is 0.648. The predicted molar refractivity (Wildman–Crippen MR) is 121 cm³/mol. The number of carbonyl (C=O) groups is 3. The lowest BCUT2D eigenvalue weighted by atomic mass is 10.1. The number of rotatable bonds is 7. The average molecular weight is 464 g/mol. The fraction of sp³-hybridized carbons (Fsp3) is 0.318.